The molecule has 8 heteroatoms. The number of aliphatic carboxylic acids is 1. The molecule has 0 radical (unpaired) electrons. The summed E-state index contributed by atoms with van der Waals surface area (Å²) in [5.41, 5.74) is 0.100. The predicted octanol–water partition coefficient (Wildman–Crippen LogP) is 0.531. The zero-order chi connectivity index (χ0) is 14.5. The smallest absolute Gasteiger partial charge is 0.360 e. The van der Waals surface area contributed by atoms with Gasteiger partial charge in [-0.05, 0) is 6.92 Å². The lowest BCUT2D eigenvalue weighted by Crippen LogP contribution is -2.43. The van der Waals surface area contributed by atoms with Gasteiger partial charge >= 0.3 is 11.9 Å². The van der Waals surface area contributed by atoms with E-state index in [2.05, 4.69) is 4.98 Å². The van der Waals surface area contributed by atoms with Gasteiger partial charge in [0.05, 0.1) is 25.7 Å². The van der Waals surface area contributed by atoms with E-state index in [1.807, 2.05) is 0 Å². The number of nitrogens with zero attached hydrogens (tertiary/aromatic N) is 2. The number of carbonyl (C=O) groups is 2. The molecule has 1 saturated heterocycles. The van der Waals surface area contributed by atoms with Crippen molar-refractivity contribution in [2.75, 3.05) is 31.2 Å². The molecule has 20 heavy (non-hydrogen) atoms. The molecule has 2 heterocycles. The summed E-state index contributed by atoms with van der Waals surface area (Å²) in [6.07, 6.45) is 0.732. The normalized spacial score (nSPS) is 18.9. The zero-order valence-corrected chi connectivity index (χ0v) is 11.1. The van der Waals surface area contributed by atoms with Gasteiger partial charge in [-0.1, -0.05) is 0 Å². The van der Waals surface area contributed by atoms with Gasteiger partial charge in [0, 0.05) is 13.1 Å². The van der Waals surface area contributed by atoms with Crippen molar-refractivity contribution < 1.29 is 28.6 Å². The van der Waals surface area contributed by atoms with E-state index in [-0.39, 0.29) is 24.7 Å². The zero-order valence-electron chi connectivity index (χ0n) is 11.1. The van der Waals surface area contributed by atoms with E-state index < -0.39 is 18.0 Å². The molecule has 8 nitrogen and oxygen atoms in total. The highest BCUT2D eigenvalue weighted by molar-refractivity contribution is 5.87. The maximum atomic E-state index is 11.5. The Hall–Kier alpha value is -2.09. The molecule has 1 aromatic heterocycles. The van der Waals surface area contributed by atoms with E-state index in [0.29, 0.717) is 19.7 Å². The lowest BCUT2D eigenvalue weighted by atomic mass is 10.2. The number of hydrogen-bond donors (Lipinski definition) is 1. The molecule has 1 atom stereocenters. The molecule has 1 N–H and O–H groups in total. The van der Waals surface area contributed by atoms with Gasteiger partial charge in [-0.25, -0.2) is 4.79 Å². The molecule has 0 aliphatic carbocycles. The van der Waals surface area contributed by atoms with Crippen molar-refractivity contribution >= 4 is 18.0 Å². The van der Waals surface area contributed by atoms with Crippen molar-refractivity contribution in [1.29, 1.82) is 0 Å². The summed E-state index contributed by atoms with van der Waals surface area (Å²) in [4.78, 5) is 28.0. The number of ether oxygens (including phenoxy) is 2. The van der Waals surface area contributed by atoms with E-state index in [4.69, 9.17) is 19.0 Å². The van der Waals surface area contributed by atoms with Crippen molar-refractivity contribution in [3.63, 3.8) is 0 Å². The van der Waals surface area contributed by atoms with Gasteiger partial charge in [-0.2, -0.15) is 4.98 Å². The summed E-state index contributed by atoms with van der Waals surface area (Å²) in [5.74, 6) is -1.46. The molecule has 0 bridgehead atoms. The van der Waals surface area contributed by atoms with Crippen LogP contribution in [-0.2, 0) is 14.3 Å². The minimum absolute atomic E-state index is 0.0814. The Bertz CT molecular complexity index is 486. The molecule has 110 valence electrons. The average Bonchev–Trinajstić information content (AvgIpc) is 2.88. The SMILES string of the molecule is CCOC(=O)c1coc(N2CCOC(CC(=O)O)C2)n1. The van der Waals surface area contributed by atoms with Crippen LogP contribution in [0, 0.1) is 0 Å². The molecule has 0 amide bonds. The number of aromatic nitrogens is 1. The Morgan fingerprint density at radius 3 is 3.10 bits per heavy atom. The second-order valence-corrected chi connectivity index (χ2v) is 4.27. The Morgan fingerprint density at radius 1 is 1.60 bits per heavy atom. The van der Waals surface area contributed by atoms with Gasteiger partial charge in [0.25, 0.3) is 6.01 Å². The molecule has 1 fully saturated rings. The number of carboxylic acids is 1. The monoisotopic (exact) mass is 284 g/mol. The average molecular weight is 284 g/mol. The van der Waals surface area contributed by atoms with Gasteiger partial charge in [-0.15, -0.1) is 0 Å². The second-order valence-electron chi connectivity index (χ2n) is 4.27. The van der Waals surface area contributed by atoms with Crippen LogP contribution in [0.25, 0.3) is 0 Å². The fourth-order valence-corrected chi connectivity index (χ4v) is 1.92. The molecular weight excluding hydrogens is 268 g/mol. The van der Waals surface area contributed by atoms with Crippen LogP contribution < -0.4 is 4.90 Å². The van der Waals surface area contributed by atoms with E-state index in [1.54, 1.807) is 11.8 Å². The van der Waals surface area contributed by atoms with Crippen LogP contribution >= 0.6 is 0 Å². The van der Waals surface area contributed by atoms with E-state index >= 15 is 0 Å². The Labute approximate surface area is 115 Å². The summed E-state index contributed by atoms with van der Waals surface area (Å²) >= 11 is 0. The van der Waals surface area contributed by atoms with E-state index in [1.165, 1.54) is 6.26 Å². The topological polar surface area (TPSA) is 102 Å². The molecule has 0 aromatic carbocycles. The number of morpholine rings is 1. The van der Waals surface area contributed by atoms with E-state index in [9.17, 15) is 9.59 Å². The summed E-state index contributed by atoms with van der Waals surface area (Å²) in [6, 6.07) is 0.270. The maximum absolute atomic E-state index is 11.5. The van der Waals surface area contributed by atoms with Crippen LogP contribution in [0.2, 0.25) is 0 Å². The number of anilines is 1. The summed E-state index contributed by atoms with van der Waals surface area (Å²) in [7, 11) is 0. The van der Waals surface area contributed by atoms with Crippen LogP contribution in [0.5, 0.6) is 0 Å². The molecule has 0 saturated carbocycles. The van der Waals surface area contributed by atoms with Crippen LogP contribution in [0.15, 0.2) is 10.7 Å². The van der Waals surface area contributed by atoms with Crippen molar-refractivity contribution in [3.8, 4) is 0 Å². The number of carbonyl (C=O) groups excluding carboxylic acids is 1. The second kappa shape index (κ2) is 6.38. The number of carboxylic acid groups (broad SMARTS) is 1. The van der Waals surface area contributed by atoms with Crippen molar-refractivity contribution in [2.45, 2.75) is 19.4 Å². The van der Waals surface area contributed by atoms with Crippen LogP contribution in [0.4, 0.5) is 6.01 Å². The third kappa shape index (κ3) is 3.47. The summed E-state index contributed by atoms with van der Waals surface area (Å²) in [5, 5.41) is 8.76. The Balaban J connectivity index is 2.00. The van der Waals surface area contributed by atoms with Gasteiger partial charge in [0.15, 0.2) is 5.69 Å². The third-order valence-electron chi connectivity index (χ3n) is 2.79. The van der Waals surface area contributed by atoms with Crippen molar-refractivity contribution in [2.24, 2.45) is 0 Å². The molecule has 1 aromatic rings. The summed E-state index contributed by atoms with van der Waals surface area (Å²) < 4.78 is 15.4. The lowest BCUT2D eigenvalue weighted by Gasteiger charge is -2.30. The first-order valence-electron chi connectivity index (χ1n) is 6.31. The first kappa shape index (κ1) is 14.3. The number of hydrogen-bond acceptors (Lipinski definition) is 7. The Kier molecular flexibility index (Phi) is 4.57. The molecule has 1 aliphatic heterocycles. The highest BCUT2D eigenvalue weighted by atomic mass is 16.5. The van der Waals surface area contributed by atoms with Crippen LogP contribution in [-0.4, -0.2) is 54.4 Å². The molecule has 1 aliphatic rings. The quantitative estimate of drug-likeness (QED) is 0.781. The number of esters is 1. The van der Waals surface area contributed by atoms with Gasteiger partial charge in [0.1, 0.15) is 6.26 Å². The minimum atomic E-state index is -0.920. The minimum Gasteiger partial charge on any atom is -0.481 e. The van der Waals surface area contributed by atoms with E-state index in [0.717, 1.165) is 0 Å². The van der Waals surface area contributed by atoms with Gasteiger partial charge in [0.2, 0.25) is 0 Å². The molecule has 1 unspecified atom stereocenters. The highest BCUT2D eigenvalue weighted by Gasteiger charge is 2.26. The Morgan fingerprint density at radius 2 is 2.40 bits per heavy atom. The van der Waals surface area contributed by atoms with Crippen molar-refractivity contribution in [3.05, 3.63) is 12.0 Å². The van der Waals surface area contributed by atoms with Crippen LogP contribution in [0.1, 0.15) is 23.8 Å². The van der Waals surface area contributed by atoms with Crippen molar-refractivity contribution in [1.82, 2.24) is 4.98 Å². The standard InChI is InChI=1S/C12H16N2O6/c1-2-18-11(17)9-7-20-12(13-9)14-3-4-19-8(6-14)5-10(15)16/h7-8H,2-6H2,1H3,(H,15,16). The summed E-state index contributed by atoms with van der Waals surface area (Å²) in [6.45, 7) is 3.24. The predicted molar refractivity (Wildman–Crippen MR) is 66.7 cm³/mol. The molecular formula is C12H16N2O6. The fourth-order valence-electron chi connectivity index (χ4n) is 1.92. The fraction of sp³-hybridized carbons (Fsp3) is 0.583. The number of rotatable bonds is 5. The first-order chi connectivity index (χ1) is 9.60. The maximum Gasteiger partial charge on any atom is 0.360 e. The largest absolute Gasteiger partial charge is 0.481 e. The van der Waals surface area contributed by atoms with Gasteiger partial charge < -0.3 is 23.9 Å². The van der Waals surface area contributed by atoms with Crippen LogP contribution in [0.3, 0.4) is 0 Å². The van der Waals surface area contributed by atoms with Gasteiger partial charge in [-0.3, -0.25) is 4.79 Å². The first-order valence-corrected chi connectivity index (χ1v) is 6.31. The molecule has 0 spiro atoms. The highest BCUT2D eigenvalue weighted by Crippen LogP contribution is 2.18. The number of oxazole rings is 1. The third-order valence-corrected chi connectivity index (χ3v) is 2.79. The lowest BCUT2D eigenvalue weighted by molar-refractivity contribution is -0.140. The molecule has 2 rings (SSSR count).